The molecule has 0 unspecified atom stereocenters. The maximum atomic E-state index is 12.9. The first kappa shape index (κ1) is 20.4. The van der Waals surface area contributed by atoms with Crippen LogP contribution >= 0.6 is 22.9 Å². The molecule has 1 aliphatic rings. The van der Waals surface area contributed by atoms with Crippen molar-refractivity contribution in [3.63, 3.8) is 0 Å². The SMILES string of the molecule is Cc1cn2c(C(=O)N(C)CC3CCN(CCc4ccc(Cl)cc4)CC3)csc2n1. The lowest BCUT2D eigenvalue weighted by molar-refractivity contribution is 0.0734. The zero-order valence-electron chi connectivity index (χ0n) is 17.0. The standard InChI is InChI=1S/C22H27ClN4OS/c1-16-13-27-20(15-29-22(27)24-16)21(28)25(2)14-18-8-11-26(12-9-18)10-7-17-3-5-19(23)6-4-17/h3-6,13,15,18H,7-12,14H2,1-2H3. The summed E-state index contributed by atoms with van der Waals surface area (Å²) in [6, 6.07) is 8.14. The molecule has 0 spiro atoms. The number of piperidine rings is 1. The van der Waals surface area contributed by atoms with E-state index in [4.69, 9.17) is 11.6 Å². The first-order valence-corrected chi connectivity index (χ1v) is 11.4. The van der Waals surface area contributed by atoms with Crippen molar-refractivity contribution in [2.45, 2.75) is 26.2 Å². The van der Waals surface area contributed by atoms with Crippen LogP contribution in [0, 0.1) is 12.8 Å². The van der Waals surface area contributed by atoms with Crippen LogP contribution in [-0.2, 0) is 6.42 Å². The lowest BCUT2D eigenvalue weighted by Crippen LogP contribution is -2.40. The van der Waals surface area contributed by atoms with E-state index < -0.39 is 0 Å². The number of nitrogens with zero attached hydrogens (tertiary/aromatic N) is 4. The number of carbonyl (C=O) groups is 1. The molecule has 1 saturated heterocycles. The summed E-state index contributed by atoms with van der Waals surface area (Å²) >= 11 is 7.48. The highest BCUT2D eigenvalue weighted by atomic mass is 35.5. The van der Waals surface area contributed by atoms with Crippen molar-refractivity contribution in [2.75, 3.05) is 33.2 Å². The molecule has 1 aromatic carbocycles. The fourth-order valence-corrected chi connectivity index (χ4v) is 5.07. The van der Waals surface area contributed by atoms with E-state index in [-0.39, 0.29) is 5.91 Å². The molecule has 1 aliphatic heterocycles. The summed E-state index contributed by atoms with van der Waals surface area (Å²) in [7, 11) is 1.92. The number of imidazole rings is 1. The van der Waals surface area contributed by atoms with Crippen molar-refractivity contribution >= 4 is 33.8 Å². The van der Waals surface area contributed by atoms with Crippen LogP contribution in [0.15, 0.2) is 35.8 Å². The molecule has 0 N–H and O–H groups in total. The Morgan fingerprint density at radius 1 is 1.28 bits per heavy atom. The number of hydrogen-bond donors (Lipinski definition) is 0. The molecule has 29 heavy (non-hydrogen) atoms. The first-order chi connectivity index (χ1) is 14.0. The highest BCUT2D eigenvalue weighted by molar-refractivity contribution is 7.15. The number of aryl methyl sites for hydroxylation is 1. The van der Waals surface area contributed by atoms with Gasteiger partial charge in [-0.3, -0.25) is 9.20 Å². The lowest BCUT2D eigenvalue weighted by atomic mass is 9.96. The van der Waals surface area contributed by atoms with Gasteiger partial charge in [0, 0.05) is 36.7 Å². The second kappa shape index (κ2) is 8.86. The molecule has 0 atom stereocenters. The quantitative estimate of drug-likeness (QED) is 0.582. The maximum Gasteiger partial charge on any atom is 0.271 e. The number of aromatic nitrogens is 2. The molecule has 0 radical (unpaired) electrons. The highest BCUT2D eigenvalue weighted by Gasteiger charge is 2.24. The molecule has 5 nitrogen and oxygen atoms in total. The average Bonchev–Trinajstić information content (AvgIpc) is 3.27. The molecule has 4 rings (SSSR count). The Balaban J connectivity index is 1.25. The molecule has 0 aliphatic carbocycles. The average molecular weight is 431 g/mol. The van der Waals surface area contributed by atoms with Crippen LogP contribution in [-0.4, -0.2) is 58.3 Å². The minimum atomic E-state index is 0.0822. The first-order valence-electron chi connectivity index (χ1n) is 10.1. The van der Waals surface area contributed by atoms with Crippen molar-refractivity contribution < 1.29 is 4.79 Å². The van der Waals surface area contributed by atoms with Crippen LogP contribution in [0.1, 0.15) is 34.6 Å². The Hall–Kier alpha value is -1.89. The van der Waals surface area contributed by atoms with Crippen molar-refractivity contribution in [1.82, 2.24) is 19.2 Å². The third-order valence-corrected chi connectivity index (χ3v) is 6.86. The summed E-state index contributed by atoms with van der Waals surface area (Å²) in [5.74, 6) is 0.646. The summed E-state index contributed by atoms with van der Waals surface area (Å²) in [5.41, 5.74) is 2.99. The molecule has 7 heteroatoms. The summed E-state index contributed by atoms with van der Waals surface area (Å²) in [4.78, 5) is 22.7. The fraction of sp³-hybridized carbons (Fsp3) is 0.455. The number of amides is 1. The van der Waals surface area contributed by atoms with Gasteiger partial charge in [0.15, 0.2) is 4.96 Å². The normalized spacial score (nSPS) is 15.8. The number of rotatable bonds is 6. The van der Waals surface area contributed by atoms with Gasteiger partial charge >= 0.3 is 0 Å². The van der Waals surface area contributed by atoms with Crippen molar-refractivity contribution in [1.29, 1.82) is 0 Å². The third kappa shape index (κ3) is 4.82. The van der Waals surface area contributed by atoms with E-state index in [1.807, 2.05) is 47.0 Å². The van der Waals surface area contributed by atoms with Gasteiger partial charge in [-0.2, -0.15) is 0 Å². The molecule has 1 fully saturated rings. The number of thiazole rings is 1. The van der Waals surface area contributed by atoms with E-state index >= 15 is 0 Å². The number of likely N-dealkylation sites (tertiary alicyclic amines) is 1. The molecule has 154 valence electrons. The number of halogens is 1. The largest absolute Gasteiger partial charge is 0.340 e. The number of hydrogen-bond acceptors (Lipinski definition) is 4. The van der Waals surface area contributed by atoms with E-state index in [1.54, 1.807) is 0 Å². The van der Waals surface area contributed by atoms with Gasteiger partial charge in [-0.05, 0) is 62.9 Å². The van der Waals surface area contributed by atoms with E-state index in [9.17, 15) is 4.79 Å². The van der Waals surface area contributed by atoms with Crippen molar-refractivity contribution in [3.05, 3.63) is 57.8 Å². The smallest absolute Gasteiger partial charge is 0.271 e. The van der Waals surface area contributed by atoms with Gasteiger partial charge in [-0.15, -0.1) is 11.3 Å². The van der Waals surface area contributed by atoms with Crippen LogP contribution in [0.4, 0.5) is 0 Å². The topological polar surface area (TPSA) is 40.9 Å². The zero-order valence-corrected chi connectivity index (χ0v) is 18.5. The molecule has 1 amide bonds. The van der Waals surface area contributed by atoms with Crippen LogP contribution in [0.3, 0.4) is 0 Å². The van der Waals surface area contributed by atoms with Gasteiger partial charge < -0.3 is 9.80 Å². The molecule has 3 heterocycles. The Labute approximate surface area is 180 Å². The molecular weight excluding hydrogens is 404 g/mol. The highest BCUT2D eigenvalue weighted by Crippen LogP contribution is 2.21. The molecule has 0 bridgehead atoms. The van der Waals surface area contributed by atoms with Crippen LogP contribution in [0.2, 0.25) is 5.02 Å². The van der Waals surface area contributed by atoms with Gasteiger partial charge in [0.05, 0.1) is 5.69 Å². The zero-order chi connectivity index (χ0) is 20.4. The second-order valence-electron chi connectivity index (χ2n) is 8.00. The van der Waals surface area contributed by atoms with Gasteiger partial charge in [-0.1, -0.05) is 23.7 Å². The Kier molecular flexibility index (Phi) is 6.23. The summed E-state index contributed by atoms with van der Waals surface area (Å²) < 4.78 is 1.91. The van der Waals surface area contributed by atoms with Gasteiger partial charge in [0.25, 0.3) is 5.91 Å². The van der Waals surface area contributed by atoms with E-state index in [0.717, 1.165) is 61.1 Å². The van der Waals surface area contributed by atoms with Crippen LogP contribution < -0.4 is 0 Å². The van der Waals surface area contributed by atoms with Gasteiger partial charge in [0.1, 0.15) is 5.69 Å². The number of benzene rings is 1. The van der Waals surface area contributed by atoms with Crippen molar-refractivity contribution in [3.8, 4) is 0 Å². The Morgan fingerprint density at radius 3 is 2.72 bits per heavy atom. The summed E-state index contributed by atoms with van der Waals surface area (Å²) in [5, 5.41) is 2.71. The minimum absolute atomic E-state index is 0.0822. The van der Waals surface area contributed by atoms with E-state index in [2.05, 4.69) is 22.0 Å². The number of fused-ring (bicyclic) bond motifs is 1. The number of carbonyl (C=O) groups excluding carboxylic acids is 1. The van der Waals surface area contributed by atoms with Crippen molar-refractivity contribution in [2.24, 2.45) is 5.92 Å². The van der Waals surface area contributed by atoms with E-state index in [0.29, 0.717) is 11.6 Å². The third-order valence-electron chi connectivity index (χ3n) is 5.76. The van der Waals surface area contributed by atoms with Crippen LogP contribution in [0.5, 0.6) is 0 Å². The van der Waals surface area contributed by atoms with Gasteiger partial charge in [-0.25, -0.2) is 4.98 Å². The summed E-state index contributed by atoms with van der Waals surface area (Å²) in [6.07, 6.45) is 5.27. The second-order valence-corrected chi connectivity index (χ2v) is 9.28. The predicted molar refractivity (Wildman–Crippen MR) is 119 cm³/mol. The maximum absolute atomic E-state index is 12.9. The molecular formula is C22H27ClN4OS. The lowest BCUT2D eigenvalue weighted by Gasteiger charge is -2.33. The molecule has 3 aromatic rings. The summed E-state index contributed by atoms with van der Waals surface area (Å²) in [6.45, 7) is 6.05. The minimum Gasteiger partial charge on any atom is -0.340 e. The Morgan fingerprint density at radius 2 is 2.00 bits per heavy atom. The van der Waals surface area contributed by atoms with Gasteiger partial charge in [0.2, 0.25) is 0 Å². The van der Waals surface area contributed by atoms with Crippen LogP contribution in [0.25, 0.3) is 4.96 Å². The predicted octanol–water partition coefficient (Wildman–Crippen LogP) is 4.38. The molecule has 0 saturated carbocycles. The van der Waals surface area contributed by atoms with E-state index in [1.165, 1.54) is 16.9 Å². The Bertz CT molecular complexity index is 973. The molecule has 2 aromatic heterocycles. The fourth-order valence-electron chi connectivity index (χ4n) is 4.05. The monoisotopic (exact) mass is 430 g/mol.